The van der Waals surface area contributed by atoms with Crippen LogP contribution in [0.25, 0.3) is 0 Å². The molecule has 17 heavy (non-hydrogen) atoms. The number of hydrogen-bond donors (Lipinski definition) is 1. The third kappa shape index (κ3) is 2.75. The molecule has 1 fully saturated rings. The summed E-state index contributed by atoms with van der Waals surface area (Å²) in [4.78, 5) is 2.28. The van der Waals surface area contributed by atoms with Gasteiger partial charge in [0.25, 0.3) is 0 Å². The molecule has 1 aromatic rings. The summed E-state index contributed by atoms with van der Waals surface area (Å²) < 4.78 is 0. The van der Waals surface area contributed by atoms with Crippen LogP contribution < -0.4 is 4.90 Å². The molecule has 1 saturated carbocycles. The molecular weight excluding hydrogens is 234 g/mol. The first kappa shape index (κ1) is 12.7. The van der Waals surface area contributed by atoms with Gasteiger partial charge in [0.1, 0.15) is 0 Å². The lowest BCUT2D eigenvalue weighted by molar-refractivity contribution is 0.199. The molecule has 94 valence electrons. The average molecular weight is 254 g/mol. The number of hydrogen-bond acceptors (Lipinski definition) is 2. The lowest BCUT2D eigenvalue weighted by Crippen LogP contribution is -2.28. The summed E-state index contributed by atoms with van der Waals surface area (Å²) in [5.41, 5.74) is 1.95. The number of nitrogens with zero attached hydrogens (tertiary/aromatic N) is 1. The van der Waals surface area contributed by atoms with Crippen LogP contribution in [0.4, 0.5) is 5.69 Å². The molecule has 0 aromatic heterocycles. The average Bonchev–Trinajstić information content (AvgIpc) is 2.81. The Labute approximate surface area is 108 Å². The summed E-state index contributed by atoms with van der Waals surface area (Å²) in [6, 6.07) is 6.46. The van der Waals surface area contributed by atoms with Crippen molar-refractivity contribution in [3.8, 4) is 0 Å². The number of halogens is 1. The van der Waals surface area contributed by atoms with Gasteiger partial charge in [-0.2, -0.15) is 0 Å². The zero-order valence-electron chi connectivity index (χ0n) is 10.5. The minimum absolute atomic E-state index is 0.460. The molecule has 0 spiro atoms. The minimum Gasteiger partial charge on any atom is -0.389 e. The van der Waals surface area contributed by atoms with Crippen LogP contribution in [0.5, 0.6) is 0 Å². The Kier molecular flexibility index (Phi) is 3.95. The molecule has 1 atom stereocenters. The molecule has 3 heteroatoms. The fourth-order valence-electron chi connectivity index (χ4n) is 2.56. The van der Waals surface area contributed by atoms with Crippen LogP contribution in [0.3, 0.4) is 0 Å². The van der Waals surface area contributed by atoms with Crippen LogP contribution >= 0.6 is 11.6 Å². The van der Waals surface area contributed by atoms with E-state index in [9.17, 15) is 5.11 Å². The summed E-state index contributed by atoms with van der Waals surface area (Å²) in [7, 11) is 2.11. The molecule has 0 heterocycles. The third-order valence-corrected chi connectivity index (χ3v) is 4.01. The van der Waals surface area contributed by atoms with E-state index in [2.05, 4.69) is 11.9 Å². The second-order valence-corrected chi connectivity index (χ2v) is 5.34. The summed E-state index contributed by atoms with van der Waals surface area (Å²) in [5, 5.41) is 10.3. The van der Waals surface area contributed by atoms with Gasteiger partial charge in [-0.05, 0) is 37.5 Å². The highest BCUT2D eigenvalue weighted by molar-refractivity contribution is 6.33. The van der Waals surface area contributed by atoms with Gasteiger partial charge >= 0.3 is 0 Å². The Bertz CT molecular complexity index is 386. The highest BCUT2D eigenvalue weighted by Gasteiger charge is 2.21. The first-order valence-corrected chi connectivity index (χ1v) is 6.67. The molecule has 0 bridgehead atoms. The first-order chi connectivity index (χ1) is 8.09. The van der Waals surface area contributed by atoms with E-state index >= 15 is 0 Å². The fraction of sp³-hybridized carbons (Fsp3) is 0.571. The van der Waals surface area contributed by atoms with Crippen LogP contribution in [0.2, 0.25) is 5.02 Å². The zero-order valence-corrected chi connectivity index (χ0v) is 11.2. The molecular formula is C14H20ClNO. The maximum Gasteiger partial charge on any atom is 0.0762 e. The molecule has 1 aliphatic rings. The van der Waals surface area contributed by atoms with Crippen molar-refractivity contribution in [1.82, 2.24) is 0 Å². The Morgan fingerprint density at radius 3 is 2.53 bits per heavy atom. The predicted octanol–water partition coefficient (Wildman–Crippen LogP) is 3.77. The summed E-state index contributed by atoms with van der Waals surface area (Å²) in [6.07, 6.45) is 4.69. The number of benzene rings is 1. The maximum atomic E-state index is 9.52. The van der Waals surface area contributed by atoms with Crippen LogP contribution in [-0.2, 0) is 0 Å². The largest absolute Gasteiger partial charge is 0.389 e. The van der Waals surface area contributed by atoms with Gasteiger partial charge in [0, 0.05) is 13.1 Å². The molecule has 0 radical (unpaired) electrons. The van der Waals surface area contributed by atoms with Crippen molar-refractivity contribution in [3.05, 3.63) is 28.8 Å². The molecule has 0 aliphatic heterocycles. The van der Waals surface area contributed by atoms with Gasteiger partial charge in [-0.3, -0.25) is 0 Å². The number of rotatable bonds is 3. The van der Waals surface area contributed by atoms with E-state index in [0.717, 1.165) is 16.3 Å². The Hall–Kier alpha value is -0.730. The number of aliphatic hydroxyl groups is 1. The van der Waals surface area contributed by atoms with Crippen LogP contribution in [0, 0.1) is 0 Å². The molecule has 1 N–H and O–H groups in total. The summed E-state index contributed by atoms with van der Waals surface area (Å²) in [6.45, 7) is 1.76. The molecule has 1 aromatic carbocycles. The van der Waals surface area contributed by atoms with Crippen LogP contribution in [0.1, 0.15) is 44.3 Å². The van der Waals surface area contributed by atoms with Crippen molar-refractivity contribution in [2.45, 2.75) is 44.8 Å². The lowest BCUT2D eigenvalue weighted by Gasteiger charge is -2.27. The summed E-state index contributed by atoms with van der Waals surface area (Å²) in [5.74, 6) is 0. The van der Waals surface area contributed by atoms with Gasteiger partial charge in [0.15, 0.2) is 0 Å². The van der Waals surface area contributed by atoms with Gasteiger partial charge in [0.2, 0.25) is 0 Å². The second kappa shape index (κ2) is 5.28. The Balaban J connectivity index is 2.20. The highest BCUT2D eigenvalue weighted by Crippen LogP contribution is 2.33. The van der Waals surface area contributed by atoms with Gasteiger partial charge in [-0.15, -0.1) is 0 Å². The molecule has 0 amide bonds. The van der Waals surface area contributed by atoms with Crippen molar-refractivity contribution in [1.29, 1.82) is 0 Å². The number of anilines is 1. The predicted molar refractivity (Wildman–Crippen MR) is 72.7 cm³/mol. The maximum absolute atomic E-state index is 9.52. The Morgan fingerprint density at radius 1 is 1.35 bits per heavy atom. The Morgan fingerprint density at radius 2 is 2.00 bits per heavy atom. The van der Waals surface area contributed by atoms with E-state index < -0.39 is 6.10 Å². The van der Waals surface area contributed by atoms with E-state index in [1.54, 1.807) is 6.92 Å². The molecule has 2 rings (SSSR count). The summed E-state index contributed by atoms with van der Waals surface area (Å²) >= 11 is 6.29. The lowest BCUT2D eigenvalue weighted by atomic mass is 10.1. The van der Waals surface area contributed by atoms with Crippen molar-refractivity contribution < 1.29 is 5.11 Å². The molecule has 1 aliphatic carbocycles. The van der Waals surface area contributed by atoms with Crippen molar-refractivity contribution in [3.63, 3.8) is 0 Å². The SMILES string of the molecule is C[C@H](O)c1ccc(N(C)C2CCCC2)c(Cl)c1. The van der Waals surface area contributed by atoms with Crippen molar-refractivity contribution in [2.75, 3.05) is 11.9 Å². The zero-order chi connectivity index (χ0) is 12.4. The number of aliphatic hydroxyl groups excluding tert-OH is 1. The monoisotopic (exact) mass is 253 g/mol. The van der Waals surface area contributed by atoms with Crippen LogP contribution in [0.15, 0.2) is 18.2 Å². The third-order valence-electron chi connectivity index (χ3n) is 3.71. The van der Waals surface area contributed by atoms with Gasteiger partial charge in [-0.1, -0.05) is 30.5 Å². The molecule has 0 unspecified atom stereocenters. The quantitative estimate of drug-likeness (QED) is 0.886. The fourth-order valence-corrected chi connectivity index (χ4v) is 2.88. The second-order valence-electron chi connectivity index (χ2n) is 4.94. The minimum atomic E-state index is -0.460. The van der Waals surface area contributed by atoms with E-state index in [-0.39, 0.29) is 0 Å². The van der Waals surface area contributed by atoms with Crippen LogP contribution in [-0.4, -0.2) is 18.2 Å². The smallest absolute Gasteiger partial charge is 0.0762 e. The first-order valence-electron chi connectivity index (χ1n) is 6.30. The van der Waals surface area contributed by atoms with Crippen molar-refractivity contribution >= 4 is 17.3 Å². The topological polar surface area (TPSA) is 23.5 Å². The highest BCUT2D eigenvalue weighted by atomic mass is 35.5. The van der Waals surface area contributed by atoms with E-state index in [4.69, 9.17) is 11.6 Å². The van der Waals surface area contributed by atoms with Gasteiger partial charge in [-0.25, -0.2) is 0 Å². The van der Waals surface area contributed by atoms with Gasteiger partial charge < -0.3 is 10.0 Å². The van der Waals surface area contributed by atoms with E-state index in [1.165, 1.54) is 25.7 Å². The van der Waals surface area contributed by atoms with E-state index in [1.807, 2.05) is 18.2 Å². The standard InChI is InChI=1S/C14H20ClNO/c1-10(17)11-7-8-14(13(15)9-11)16(2)12-5-3-4-6-12/h7-10,12,17H,3-6H2,1-2H3/t10-/m0/s1. The molecule has 2 nitrogen and oxygen atoms in total. The normalized spacial score (nSPS) is 18.4. The molecule has 0 saturated heterocycles. The van der Waals surface area contributed by atoms with E-state index in [0.29, 0.717) is 6.04 Å². The van der Waals surface area contributed by atoms with Crippen molar-refractivity contribution in [2.24, 2.45) is 0 Å². The van der Waals surface area contributed by atoms with Gasteiger partial charge in [0.05, 0.1) is 16.8 Å².